The smallest absolute Gasteiger partial charge is 0.0672 e. The van der Waals surface area contributed by atoms with Crippen molar-refractivity contribution in [3.8, 4) is 0 Å². The lowest BCUT2D eigenvalue weighted by atomic mass is 9.91. The van der Waals surface area contributed by atoms with E-state index in [0.29, 0.717) is 6.42 Å². The van der Waals surface area contributed by atoms with Gasteiger partial charge in [0.05, 0.1) is 5.60 Å². The minimum Gasteiger partial charge on any atom is -0.390 e. The zero-order valence-electron chi connectivity index (χ0n) is 13.3. The Morgan fingerprint density at radius 2 is 1.53 bits per heavy atom. The molecule has 0 fully saturated rings. The number of nitrogens with one attached hydrogen (secondary N) is 1. The van der Waals surface area contributed by atoms with E-state index in [9.17, 15) is 5.11 Å². The minimum absolute atomic E-state index is 0.107. The summed E-state index contributed by atoms with van der Waals surface area (Å²) < 4.78 is 0. The van der Waals surface area contributed by atoms with Crippen LogP contribution in [0.25, 0.3) is 0 Å². The van der Waals surface area contributed by atoms with Crippen LogP contribution in [-0.2, 0) is 6.42 Å². The van der Waals surface area contributed by atoms with Gasteiger partial charge in [0, 0.05) is 12.0 Å². The van der Waals surface area contributed by atoms with Gasteiger partial charge in [-0.15, -0.1) is 0 Å². The van der Waals surface area contributed by atoms with Crippen LogP contribution < -0.4 is 5.32 Å². The fourth-order valence-corrected chi connectivity index (χ4v) is 2.41. The van der Waals surface area contributed by atoms with E-state index in [1.165, 1.54) is 16.7 Å². The van der Waals surface area contributed by atoms with E-state index in [1.807, 2.05) is 6.92 Å². The third-order valence-electron chi connectivity index (χ3n) is 3.19. The summed E-state index contributed by atoms with van der Waals surface area (Å²) in [5, 5.41) is 13.9. The van der Waals surface area contributed by atoms with Crippen molar-refractivity contribution in [2.45, 2.75) is 65.5 Å². The Balaban J connectivity index is 2.58. The number of aliphatic hydroxyl groups is 1. The van der Waals surface area contributed by atoms with Gasteiger partial charge in [0.1, 0.15) is 0 Å². The molecule has 108 valence electrons. The second-order valence-corrected chi connectivity index (χ2v) is 7.10. The molecule has 0 radical (unpaired) electrons. The van der Waals surface area contributed by atoms with Crippen LogP contribution in [0.5, 0.6) is 0 Å². The molecule has 0 aliphatic carbocycles. The van der Waals surface area contributed by atoms with Crippen molar-refractivity contribution >= 4 is 0 Å². The zero-order chi connectivity index (χ0) is 14.7. The molecule has 2 heteroatoms. The first-order valence-corrected chi connectivity index (χ1v) is 7.12. The van der Waals surface area contributed by atoms with Crippen molar-refractivity contribution in [2.24, 2.45) is 0 Å². The Labute approximate surface area is 118 Å². The molecule has 0 saturated carbocycles. The lowest BCUT2D eigenvalue weighted by Crippen LogP contribution is -2.40. The number of benzene rings is 1. The molecule has 0 heterocycles. The average molecular weight is 263 g/mol. The van der Waals surface area contributed by atoms with Gasteiger partial charge in [0.25, 0.3) is 0 Å². The van der Waals surface area contributed by atoms with Crippen molar-refractivity contribution in [3.63, 3.8) is 0 Å². The van der Waals surface area contributed by atoms with Crippen LogP contribution in [0.4, 0.5) is 0 Å². The van der Waals surface area contributed by atoms with Crippen molar-refractivity contribution < 1.29 is 5.11 Å². The predicted octanol–water partition coefficient (Wildman–Crippen LogP) is 3.38. The number of hydrogen-bond acceptors (Lipinski definition) is 2. The molecule has 1 aromatic rings. The Hall–Kier alpha value is -0.860. The summed E-state index contributed by atoms with van der Waals surface area (Å²) in [5.74, 6) is 0. The molecule has 1 rings (SSSR count). The normalized spacial score (nSPS) is 15.3. The van der Waals surface area contributed by atoms with Crippen LogP contribution in [0.3, 0.4) is 0 Å². The molecule has 1 unspecified atom stereocenters. The molecule has 1 aromatic carbocycles. The molecule has 0 bridgehead atoms. The molecule has 19 heavy (non-hydrogen) atoms. The van der Waals surface area contributed by atoms with E-state index < -0.39 is 5.60 Å². The van der Waals surface area contributed by atoms with Crippen LogP contribution in [0.1, 0.15) is 50.8 Å². The van der Waals surface area contributed by atoms with E-state index >= 15 is 0 Å². The van der Waals surface area contributed by atoms with E-state index in [-0.39, 0.29) is 5.54 Å². The lowest BCUT2D eigenvalue weighted by molar-refractivity contribution is 0.0499. The summed E-state index contributed by atoms with van der Waals surface area (Å²) in [5.41, 5.74) is 3.20. The van der Waals surface area contributed by atoms with Crippen LogP contribution in [-0.4, -0.2) is 22.8 Å². The Bertz CT molecular complexity index is 396. The van der Waals surface area contributed by atoms with Crippen LogP contribution >= 0.6 is 0 Å². The highest BCUT2D eigenvalue weighted by Crippen LogP contribution is 2.19. The van der Waals surface area contributed by atoms with Crippen LogP contribution in [0.15, 0.2) is 18.2 Å². The van der Waals surface area contributed by atoms with E-state index in [0.717, 1.165) is 13.0 Å². The SMILES string of the molecule is Cc1cc(C)cc(CC(C)(O)CCNC(C)(C)C)c1. The van der Waals surface area contributed by atoms with Gasteiger partial charge in [-0.05, 0) is 60.1 Å². The van der Waals surface area contributed by atoms with Gasteiger partial charge >= 0.3 is 0 Å². The standard InChI is InChI=1S/C17H29NO/c1-13-9-14(2)11-15(10-13)12-17(6,19)7-8-18-16(3,4)5/h9-11,18-19H,7-8,12H2,1-6H3. The van der Waals surface area contributed by atoms with Crippen LogP contribution in [0.2, 0.25) is 0 Å². The molecule has 0 spiro atoms. The van der Waals surface area contributed by atoms with Crippen molar-refractivity contribution in [2.75, 3.05) is 6.54 Å². The Morgan fingerprint density at radius 1 is 1.00 bits per heavy atom. The largest absolute Gasteiger partial charge is 0.390 e. The van der Waals surface area contributed by atoms with Gasteiger partial charge in [0.2, 0.25) is 0 Å². The molecule has 0 saturated heterocycles. The van der Waals surface area contributed by atoms with Crippen molar-refractivity contribution in [1.82, 2.24) is 5.32 Å². The monoisotopic (exact) mass is 263 g/mol. The molecular formula is C17H29NO. The van der Waals surface area contributed by atoms with Crippen LogP contribution in [0, 0.1) is 13.8 Å². The third kappa shape index (κ3) is 6.74. The topological polar surface area (TPSA) is 32.3 Å². The highest BCUT2D eigenvalue weighted by Gasteiger charge is 2.21. The summed E-state index contributed by atoms with van der Waals surface area (Å²) >= 11 is 0. The molecular weight excluding hydrogens is 234 g/mol. The summed E-state index contributed by atoms with van der Waals surface area (Å²) in [6, 6.07) is 6.50. The van der Waals surface area contributed by atoms with Gasteiger partial charge in [-0.1, -0.05) is 29.3 Å². The quantitative estimate of drug-likeness (QED) is 0.853. The minimum atomic E-state index is -0.654. The zero-order valence-corrected chi connectivity index (χ0v) is 13.3. The maximum Gasteiger partial charge on any atom is 0.0672 e. The molecule has 2 N–H and O–H groups in total. The predicted molar refractivity (Wildman–Crippen MR) is 82.6 cm³/mol. The molecule has 0 amide bonds. The first-order chi connectivity index (χ1) is 8.57. The summed E-state index contributed by atoms with van der Waals surface area (Å²) in [6.07, 6.45) is 1.47. The van der Waals surface area contributed by atoms with Gasteiger partial charge in [-0.2, -0.15) is 0 Å². The number of hydrogen-bond donors (Lipinski definition) is 2. The van der Waals surface area contributed by atoms with E-state index in [4.69, 9.17) is 0 Å². The molecule has 1 atom stereocenters. The van der Waals surface area contributed by atoms with Gasteiger partial charge < -0.3 is 10.4 Å². The lowest BCUT2D eigenvalue weighted by Gasteiger charge is -2.27. The highest BCUT2D eigenvalue weighted by molar-refractivity contribution is 5.29. The molecule has 0 aliphatic rings. The van der Waals surface area contributed by atoms with Crippen molar-refractivity contribution in [1.29, 1.82) is 0 Å². The van der Waals surface area contributed by atoms with Gasteiger partial charge in [-0.3, -0.25) is 0 Å². The first-order valence-electron chi connectivity index (χ1n) is 7.12. The average Bonchev–Trinajstić information content (AvgIpc) is 2.11. The summed E-state index contributed by atoms with van der Waals surface area (Å²) in [4.78, 5) is 0. The highest BCUT2D eigenvalue weighted by atomic mass is 16.3. The second kappa shape index (κ2) is 6.06. The Kier molecular flexibility index (Phi) is 5.17. The summed E-state index contributed by atoms with van der Waals surface area (Å²) in [6.45, 7) is 13.4. The second-order valence-electron chi connectivity index (χ2n) is 7.10. The summed E-state index contributed by atoms with van der Waals surface area (Å²) in [7, 11) is 0. The van der Waals surface area contributed by atoms with Crippen molar-refractivity contribution in [3.05, 3.63) is 34.9 Å². The van der Waals surface area contributed by atoms with Gasteiger partial charge in [-0.25, -0.2) is 0 Å². The molecule has 0 aliphatic heterocycles. The molecule has 2 nitrogen and oxygen atoms in total. The fourth-order valence-electron chi connectivity index (χ4n) is 2.41. The van der Waals surface area contributed by atoms with E-state index in [2.05, 4.69) is 58.1 Å². The molecule has 0 aromatic heterocycles. The number of rotatable bonds is 5. The third-order valence-corrected chi connectivity index (χ3v) is 3.19. The number of aryl methyl sites for hydroxylation is 2. The van der Waals surface area contributed by atoms with Gasteiger partial charge in [0.15, 0.2) is 0 Å². The first kappa shape index (κ1) is 16.2. The fraction of sp³-hybridized carbons (Fsp3) is 0.647. The maximum absolute atomic E-state index is 10.5. The maximum atomic E-state index is 10.5. The Morgan fingerprint density at radius 3 is 2.00 bits per heavy atom. The van der Waals surface area contributed by atoms with E-state index in [1.54, 1.807) is 0 Å².